The smallest absolute Gasteiger partial charge is 0.355 e. The van der Waals surface area contributed by atoms with Crippen molar-refractivity contribution >= 4 is 17.4 Å². The van der Waals surface area contributed by atoms with Gasteiger partial charge in [-0.15, -0.1) is 0 Å². The van der Waals surface area contributed by atoms with Gasteiger partial charge in [-0.3, -0.25) is 9.78 Å². The molecule has 8 heteroatoms. The molecule has 1 aliphatic heterocycles. The lowest BCUT2D eigenvalue weighted by Crippen LogP contribution is -2.38. The molecular formula is C17H17F3N4O. The first-order valence-corrected chi connectivity index (χ1v) is 7.92. The zero-order valence-corrected chi connectivity index (χ0v) is 13.3. The van der Waals surface area contributed by atoms with E-state index in [4.69, 9.17) is 0 Å². The van der Waals surface area contributed by atoms with E-state index in [2.05, 4.69) is 15.3 Å². The van der Waals surface area contributed by atoms with Crippen molar-refractivity contribution in [1.82, 2.24) is 9.97 Å². The van der Waals surface area contributed by atoms with Crippen LogP contribution in [0.3, 0.4) is 0 Å². The second kappa shape index (κ2) is 7.08. The molecule has 0 unspecified atom stereocenters. The second-order valence-corrected chi connectivity index (χ2v) is 5.89. The number of amides is 1. The third kappa shape index (κ3) is 4.26. The van der Waals surface area contributed by atoms with Gasteiger partial charge in [0.1, 0.15) is 5.82 Å². The molecule has 1 aliphatic rings. The van der Waals surface area contributed by atoms with Crippen LogP contribution < -0.4 is 10.2 Å². The molecule has 0 radical (unpaired) electrons. The van der Waals surface area contributed by atoms with Crippen LogP contribution in [0.5, 0.6) is 0 Å². The minimum atomic E-state index is -4.43. The van der Waals surface area contributed by atoms with E-state index < -0.39 is 11.7 Å². The highest BCUT2D eigenvalue weighted by molar-refractivity contribution is 5.92. The van der Waals surface area contributed by atoms with Crippen LogP contribution in [0.25, 0.3) is 0 Å². The summed E-state index contributed by atoms with van der Waals surface area (Å²) in [6.07, 6.45) is 1.68. The van der Waals surface area contributed by atoms with Gasteiger partial charge < -0.3 is 10.2 Å². The first kappa shape index (κ1) is 17.2. The highest BCUT2D eigenvalue weighted by atomic mass is 19.4. The standard InChI is InChI=1S/C17H17F3N4O/c18-17(19,20)13-2-1-3-14(10-13)23-16(25)12-4-8-24(9-5-12)15-11-21-6-7-22-15/h1-3,6-7,10-12H,4-5,8-9H2,(H,23,25). The number of hydrogen-bond acceptors (Lipinski definition) is 4. The maximum absolute atomic E-state index is 12.7. The molecule has 5 nitrogen and oxygen atoms in total. The van der Waals surface area contributed by atoms with Gasteiger partial charge in [-0.05, 0) is 31.0 Å². The Morgan fingerprint density at radius 3 is 2.60 bits per heavy atom. The molecule has 0 bridgehead atoms. The zero-order chi connectivity index (χ0) is 17.9. The summed E-state index contributed by atoms with van der Waals surface area (Å²) in [5, 5.41) is 2.59. The van der Waals surface area contributed by atoms with E-state index in [1.54, 1.807) is 18.6 Å². The number of carbonyl (C=O) groups excluding carboxylic acids is 1. The number of aromatic nitrogens is 2. The number of halogens is 3. The average Bonchev–Trinajstić information content (AvgIpc) is 2.62. The summed E-state index contributed by atoms with van der Waals surface area (Å²) in [7, 11) is 0. The summed E-state index contributed by atoms with van der Waals surface area (Å²) in [5.41, 5.74) is -0.612. The molecule has 0 saturated carbocycles. The summed E-state index contributed by atoms with van der Waals surface area (Å²) in [4.78, 5) is 22.6. The molecule has 0 spiro atoms. The third-order valence-corrected chi connectivity index (χ3v) is 4.20. The number of piperidine rings is 1. The van der Waals surface area contributed by atoms with Gasteiger partial charge in [0.15, 0.2) is 0 Å². The fraction of sp³-hybridized carbons (Fsp3) is 0.353. The van der Waals surface area contributed by atoms with Crippen molar-refractivity contribution in [1.29, 1.82) is 0 Å². The predicted octanol–water partition coefficient (Wildman–Crippen LogP) is 3.35. The number of rotatable bonds is 3. The van der Waals surface area contributed by atoms with Crippen molar-refractivity contribution in [3.8, 4) is 0 Å². The van der Waals surface area contributed by atoms with Gasteiger partial charge in [0, 0.05) is 37.1 Å². The molecule has 1 saturated heterocycles. The van der Waals surface area contributed by atoms with Gasteiger partial charge in [-0.1, -0.05) is 6.07 Å². The first-order valence-electron chi connectivity index (χ1n) is 7.92. The topological polar surface area (TPSA) is 58.1 Å². The van der Waals surface area contributed by atoms with Crippen LogP contribution >= 0.6 is 0 Å². The second-order valence-electron chi connectivity index (χ2n) is 5.89. The summed E-state index contributed by atoms with van der Waals surface area (Å²) in [6.45, 7) is 1.30. The van der Waals surface area contributed by atoms with E-state index in [0.29, 0.717) is 25.9 Å². The van der Waals surface area contributed by atoms with Gasteiger partial charge in [-0.2, -0.15) is 13.2 Å². The first-order chi connectivity index (χ1) is 11.9. The van der Waals surface area contributed by atoms with Crippen LogP contribution in [0.1, 0.15) is 18.4 Å². The number of anilines is 2. The molecule has 1 N–H and O–H groups in total. The summed E-state index contributed by atoms with van der Waals surface area (Å²) >= 11 is 0. The molecule has 0 atom stereocenters. The van der Waals surface area contributed by atoms with Crippen molar-refractivity contribution < 1.29 is 18.0 Å². The summed E-state index contributed by atoms with van der Waals surface area (Å²) in [6, 6.07) is 4.68. The number of nitrogens with zero attached hydrogens (tertiary/aromatic N) is 3. The van der Waals surface area contributed by atoms with Gasteiger partial charge >= 0.3 is 6.18 Å². The van der Waals surface area contributed by atoms with Crippen molar-refractivity contribution in [3.05, 3.63) is 48.4 Å². The Hall–Kier alpha value is -2.64. The molecule has 3 rings (SSSR count). The van der Waals surface area contributed by atoms with E-state index >= 15 is 0 Å². The van der Waals surface area contributed by atoms with E-state index in [-0.39, 0.29) is 17.5 Å². The lowest BCUT2D eigenvalue weighted by molar-refractivity contribution is -0.137. The molecule has 2 aromatic rings. The van der Waals surface area contributed by atoms with Gasteiger partial charge in [0.25, 0.3) is 0 Å². The molecule has 1 aromatic heterocycles. The molecule has 0 aliphatic carbocycles. The van der Waals surface area contributed by atoms with Crippen LogP contribution in [0, 0.1) is 5.92 Å². The van der Waals surface area contributed by atoms with E-state index in [1.165, 1.54) is 12.1 Å². The van der Waals surface area contributed by atoms with E-state index in [1.807, 2.05) is 4.90 Å². The Morgan fingerprint density at radius 2 is 1.96 bits per heavy atom. The monoisotopic (exact) mass is 350 g/mol. The number of hydrogen-bond donors (Lipinski definition) is 1. The van der Waals surface area contributed by atoms with E-state index in [9.17, 15) is 18.0 Å². The Labute approximate surface area is 142 Å². The van der Waals surface area contributed by atoms with Crippen LogP contribution in [0.2, 0.25) is 0 Å². The maximum Gasteiger partial charge on any atom is 0.416 e. The molecule has 1 fully saturated rings. The van der Waals surface area contributed by atoms with Gasteiger partial charge in [-0.25, -0.2) is 4.98 Å². The highest BCUT2D eigenvalue weighted by Gasteiger charge is 2.31. The van der Waals surface area contributed by atoms with Crippen LogP contribution in [0.4, 0.5) is 24.7 Å². The fourth-order valence-electron chi connectivity index (χ4n) is 2.84. The van der Waals surface area contributed by atoms with Crippen LogP contribution in [-0.2, 0) is 11.0 Å². The summed E-state index contributed by atoms with van der Waals surface area (Å²) < 4.78 is 38.2. The highest BCUT2D eigenvalue weighted by Crippen LogP contribution is 2.31. The zero-order valence-electron chi connectivity index (χ0n) is 13.3. The third-order valence-electron chi connectivity index (χ3n) is 4.20. The maximum atomic E-state index is 12.7. The minimum absolute atomic E-state index is 0.163. The molecular weight excluding hydrogens is 333 g/mol. The largest absolute Gasteiger partial charge is 0.416 e. The number of nitrogens with one attached hydrogen (secondary N) is 1. The van der Waals surface area contributed by atoms with Gasteiger partial charge in [0.2, 0.25) is 5.91 Å². The van der Waals surface area contributed by atoms with Crippen LogP contribution in [-0.4, -0.2) is 29.0 Å². The Balaban J connectivity index is 1.58. The lowest BCUT2D eigenvalue weighted by Gasteiger charge is -2.31. The Kier molecular flexibility index (Phi) is 4.87. The normalized spacial score (nSPS) is 15.9. The molecule has 25 heavy (non-hydrogen) atoms. The number of alkyl halides is 3. The average molecular weight is 350 g/mol. The van der Waals surface area contributed by atoms with Crippen molar-refractivity contribution in [3.63, 3.8) is 0 Å². The molecule has 2 heterocycles. The Morgan fingerprint density at radius 1 is 1.20 bits per heavy atom. The fourth-order valence-corrected chi connectivity index (χ4v) is 2.84. The SMILES string of the molecule is O=C(Nc1cccc(C(F)(F)F)c1)C1CCN(c2cnccn2)CC1. The lowest BCUT2D eigenvalue weighted by atomic mass is 9.96. The van der Waals surface area contributed by atoms with Crippen molar-refractivity contribution in [2.24, 2.45) is 5.92 Å². The minimum Gasteiger partial charge on any atom is -0.355 e. The van der Waals surface area contributed by atoms with Crippen molar-refractivity contribution in [2.45, 2.75) is 19.0 Å². The van der Waals surface area contributed by atoms with E-state index in [0.717, 1.165) is 18.0 Å². The molecule has 1 amide bonds. The molecule has 1 aromatic carbocycles. The number of benzene rings is 1. The predicted molar refractivity (Wildman–Crippen MR) is 87.0 cm³/mol. The van der Waals surface area contributed by atoms with Gasteiger partial charge in [0.05, 0.1) is 11.8 Å². The summed E-state index contributed by atoms with van der Waals surface area (Å²) in [5.74, 6) is 0.278. The Bertz CT molecular complexity index is 728. The van der Waals surface area contributed by atoms with Crippen LogP contribution in [0.15, 0.2) is 42.9 Å². The number of carbonyl (C=O) groups is 1. The quantitative estimate of drug-likeness (QED) is 0.922. The van der Waals surface area contributed by atoms with Crippen molar-refractivity contribution in [2.75, 3.05) is 23.3 Å². The molecule has 132 valence electrons.